The van der Waals surface area contributed by atoms with E-state index in [-0.39, 0.29) is 37.5 Å². The zero-order chi connectivity index (χ0) is 50.0. The molecule has 0 aromatic heterocycles. The molecule has 0 rings (SSSR count). The maximum Gasteiger partial charge on any atom is 0.306 e. The Labute approximate surface area is 424 Å². The molecule has 0 radical (unpaired) electrons. The van der Waals surface area contributed by atoms with Crippen molar-refractivity contribution < 1.29 is 28.6 Å². The summed E-state index contributed by atoms with van der Waals surface area (Å²) in [6, 6.07) is 0. The van der Waals surface area contributed by atoms with Crippen LogP contribution in [0.25, 0.3) is 0 Å². The van der Waals surface area contributed by atoms with Gasteiger partial charge in [0, 0.05) is 19.3 Å². The third-order valence-corrected chi connectivity index (χ3v) is 11.4. The van der Waals surface area contributed by atoms with Gasteiger partial charge in [0.1, 0.15) is 13.2 Å². The van der Waals surface area contributed by atoms with Crippen molar-refractivity contribution in [2.24, 2.45) is 0 Å². The third kappa shape index (κ3) is 54.6. The van der Waals surface area contributed by atoms with E-state index in [9.17, 15) is 14.4 Å². The normalized spacial score (nSPS) is 13.0. The van der Waals surface area contributed by atoms with Crippen LogP contribution in [0.3, 0.4) is 0 Å². The number of rotatable bonds is 49. The topological polar surface area (TPSA) is 78.9 Å². The number of hydrogen-bond acceptors (Lipinski definition) is 6. The van der Waals surface area contributed by atoms with Crippen LogP contribution in [0.2, 0.25) is 0 Å². The molecule has 0 fully saturated rings. The van der Waals surface area contributed by atoms with Crippen molar-refractivity contribution in [1.29, 1.82) is 0 Å². The predicted octanol–water partition coefficient (Wildman–Crippen LogP) is 18.9. The van der Waals surface area contributed by atoms with Crippen molar-refractivity contribution >= 4 is 17.9 Å². The first-order valence-corrected chi connectivity index (χ1v) is 28.0. The molecule has 390 valence electrons. The largest absolute Gasteiger partial charge is 0.462 e. The molecule has 6 heteroatoms. The smallest absolute Gasteiger partial charge is 0.306 e. The molecule has 0 saturated carbocycles. The highest BCUT2D eigenvalue weighted by Crippen LogP contribution is 2.13. The summed E-state index contributed by atoms with van der Waals surface area (Å²) in [5, 5.41) is 0. The number of unbranched alkanes of at least 4 members (excludes halogenated alkanes) is 18. The van der Waals surface area contributed by atoms with Crippen LogP contribution in [0, 0.1) is 0 Å². The Bertz CT molecular complexity index is 1470. The molecule has 0 heterocycles. The molecule has 0 aliphatic carbocycles. The summed E-state index contributed by atoms with van der Waals surface area (Å²) in [5.41, 5.74) is 0. The number of carbonyl (C=O) groups excluding carboxylic acids is 3. The van der Waals surface area contributed by atoms with Gasteiger partial charge in [-0.25, -0.2) is 0 Å². The lowest BCUT2D eigenvalue weighted by molar-refractivity contribution is -0.167. The van der Waals surface area contributed by atoms with Gasteiger partial charge in [0.25, 0.3) is 0 Å². The van der Waals surface area contributed by atoms with Gasteiger partial charge in [-0.05, 0) is 128 Å². The van der Waals surface area contributed by atoms with E-state index in [1.807, 2.05) is 0 Å². The molecule has 0 aliphatic heterocycles. The van der Waals surface area contributed by atoms with Gasteiger partial charge in [0.05, 0.1) is 0 Å². The number of hydrogen-bond donors (Lipinski definition) is 0. The average Bonchev–Trinajstić information content (AvgIpc) is 3.35. The standard InChI is InChI=1S/C63H102O6/c1-4-7-10-13-16-19-22-25-28-30-31-33-35-38-41-44-47-50-53-56-62(65)68-59-60(58-67-61(64)55-52-49-46-43-40-37-34-27-24-21-18-15-12-9-6-3)69-63(66)57-54-51-48-45-42-39-36-32-29-26-23-20-17-14-11-8-5-2/h7,10,16-17,19-21,24-26,28-29,31,33,36,38-39,41,45,48,60H,4-6,8-9,11-15,18,22-23,27,30,32,34-35,37,40,42-44,46-47,49-59H2,1-3H3/b10-7-,19-16-,20-17-,24-21-,28-25-,29-26-,33-31-,39-36-,41-38-,48-45-. The molecule has 0 aliphatic rings. The molecule has 0 amide bonds. The van der Waals surface area contributed by atoms with Crippen molar-refractivity contribution in [2.75, 3.05) is 13.2 Å². The van der Waals surface area contributed by atoms with Gasteiger partial charge in [-0.3, -0.25) is 14.4 Å². The Hall–Kier alpha value is -4.19. The molecule has 6 nitrogen and oxygen atoms in total. The van der Waals surface area contributed by atoms with Crippen LogP contribution in [-0.4, -0.2) is 37.2 Å². The van der Waals surface area contributed by atoms with Crippen LogP contribution in [0.5, 0.6) is 0 Å². The van der Waals surface area contributed by atoms with E-state index in [0.717, 1.165) is 103 Å². The first-order chi connectivity index (χ1) is 34.0. The van der Waals surface area contributed by atoms with E-state index < -0.39 is 6.10 Å². The van der Waals surface area contributed by atoms with E-state index in [1.54, 1.807) is 0 Å². The Morgan fingerprint density at radius 3 is 0.986 bits per heavy atom. The lowest BCUT2D eigenvalue weighted by atomic mass is 10.1. The molecular formula is C63H102O6. The van der Waals surface area contributed by atoms with Gasteiger partial charge in [-0.2, -0.15) is 0 Å². The lowest BCUT2D eigenvalue weighted by Crippen LogP contribution is -2.30. The van der Waals surface area contributed by atoms with Crippen LogP contribution in [-0.2, 0) is 28.6 Å². The van der Waals surface area contributed by atoms with Gasteiger partial charge < -0.3 is 14.2 Å². The highest BCUT2D eigenvalue weighted by atomic mass is 16.6. The minimum absolute atomic E-state index is 0.116. The van der Waals surface area contributed by atoms with Crippen molar-refractivity contribution in [3.63, 3.8) is 0 Å². The van der Waals surface area contributed by atoms with Gasteiger partial charge in [-0.1, -0.05) is 213 Å². The molecule has 69 heavy (non-hydrogen) atoms. The van der Waals surface area contributed by atoms with Crippen molar-refractivity contribution in [3.05, 3.63) is 122 Å². The number of esters is 3. The Morgan fingerprint density at radius 2 is 0.580 bits per heavy atom. The monoisotopic (exact) mass is 955 g/mol. The summed E-state index contributed by atoms with van der Waals surface area (Å²) in [4.78, 5) is 38.1. The molecule has 0 saturated heterocycles. The minimum atomic E-state index is -0.826. The second-order valence-corrected chi connectivity index (χ2v) is 18.1. The molecule has 0 aromatic rings. The summed E-state index contributed by atoms with van der Waals surface area (Å²) in [6.07, 6.45) is 77.6. The summed E-state index contributed by atoms with van der Waals surface area (Å²) in [5.74, 6) is -1.01. The molecule has 1 atom stereocenters. The van der Waals surface area contributed by atoms with Gasteiger partial charge in [-0.15, -0.1) is 0 Å². The van der Waals surface area contributed by atoms with Crippen LogP contribution >= 0.6 is 0 Å². The summed E-state index contributed by atoms with van der Waals surface area (Å²) < 4.78 is 16.8. The van der Waals surface area contributed by atoms with Crippen LogP contribution in [0.15, 0.2) is 122 Å². The highest BCUT2D eigenvalue weighted by Gasteiger charge is 2.19. The van der Waals surface area contributed by atoms with Crippen molar-refractivity contribution in [1.82, 2.24) is 0 Å². The molecule has 0 aromatic carbocycles. The SMILES string of the molecule is CC/C=C\C/C=C\C/C=C\C/C=C\C/C=C\CCCCCC(=O)OCC(COC(=O)CCCCCCCCC/C=C\CCCCCC)OC(=O)CCC/C=C\C/C=C\C/C=C\C/C=C\CCCCC. The van der Waals surface area contributed by atoms with E-state index in [2.05, 4.69) is 142 Å². The van der Waals surface area contributed by atoms with E-state index in [0.29, 0.717) is 19.3 Å². The number of carbonyl (C=O) groups is 3. The van der Waals surface area contributed by atoms with E-state index in [4.69, 9.17) is 14.2 Å². The molecule has 1 unspecified atom stereocenters. The fourth-order valence-corrected chi connectivity index (χ4v) is 7.22. The van der Waals surface area contributed by atoms with Gasteiger partial charge >= 0.3 is 17.9 Å². The first kappa shape index (κ1) is 64.8. The predicted molar refractivity (Wildman–Crippen MR) is 297 cm³/mol. The van der Waals surface area contributed by atoms with Crippen LogP contribution in [0.4, 0.5) is 0 Å². The minimum Gasteiger partial charge on any atom is -0.462 e. The van der Waals surface area contributed by atoms with E-state index >= 15 is 0 Å². The molecule has 0 N–H and O–H groups in total. The summed E-state index contributed by atoms with van der Waals surface area (Å²) >= 11 is 0. The Morgan fingerprint density at radius 1 is 0.304 bits per heavy atom. The van der Waals surface area contributed by atoms with E-state index in [1.165, 1.54) is 89.9 Å². The van der Waals surface area contributed by atoms with Crippen LogP contribution in [0.1, 0.15) is 239 Å². The van der Waals surface area contributed by atoms with Gasteiger partial charge in [0.2, 0.25) is 0 Å². The fraction of sp³-hybridized carbons (Fsp3) is 0.635. The highest BCUT2D eigenvalue weighted by molar-refractivity contribution is 5.71. The number of ether oxygens (including phenoxy) is 3. The summed E-state index contributed by atoms with van der Waals surface area (Å²) in [6.45, 7) is 6.40. The lowest BCUT2D eigenvalue weighted by Gasteiger charge is -2.18. The zero-order valence-electron chi connectivity index (χ0n) is 44.5. The maximum atomic E-state index is 12.8. The maximum absolute atomic E-state index is 12.8. The average molecular weight is 956 g/mol. The fourth-order valence-electron chi connectivity index (χ4n) is 7.22. The van der Waals surface area contributed by atoms with Gasteiger partial charge in [0.15, 0.2) is 6.10 Å². The quantitative estimate of drug-likeness (QED) is 0.0262. The summed E-state index contributed by atoms with van der Waals surface area (Å²) in [7, 11) is 0. The first-order valence-electron chi connectivity index (χ1n) is 28.0. The number of allylic oxidation sites excluding steroid dienone is 20. The Kier molecular flexibility index (Phi) is 53.0. The van der Waals surface area contributed by atoms with Crippen LogP contribution < -0.4 is 0 Å². The molecule has 0 bridgehead atoms. The molecular weight excluding hydrogens is 853 g/mol. The van der Waals surface area contributed by atoms with Crippen molar-refractivity contribution in [3.8, 4) is 0 Å². The third-order valence-electron chi connectivity index (χ3n) is 11.4. The molecule has 0 spiro atoms. The second-order valence-electron chi connectivity index (χ2n) is 18.1. The zero-order valence-corrected chi connectivity index (χ0v) is 44.5. The Balaban J connectivity index is 4.56. The van der Waals surface area contributed by atoms with Crippen molar-refractivity contribution in [2.45, 2.75) is 245 Å². The second kappa shape index (κ2) is 56.4.